The Morgan fingerprint density at radius 3 is 2.40 bits per heavy atom. The SMILES string of the molecule is C=CCN1CC(CC)(CC)NCC1(C)C. The van der Waals surface area contributed by atoms with Gasteiger partial charge in [-0.3, -0.25) is 4.90 Å². The largest absolute Gasteiger partial charge is 0.308 e. The molecule has 0 spiro atoms. The molecule has 1 N–H and O–H groups in total. The highest BCUT2D eigenvalue weighted by atomic mass is 15.3. The van der Waals surface area contributed by atoms with Gasteiger partial charge in [0.1, 0.15) is 0 Å². The van der Waals surface area contributed by atoms with Crippen molar-refractivity contribution in [3.05, 3.63) is 12.7 Å². The van der Waals surface area contributed by atoms with Crippen LogP contribution in [0.15, 0.2) is 12.7 Å². The minimum Gasteiger partial charge on any atom is -0.308 e. The molecular weight excluding hydrogens is 184 g/mol. The molecular formula is C13H26N2. The van der Waals surface area contributed by atoms with Gasteiger partial charge in [-0.1, -0.05) is 19.9 Å². The molecule has 1 aliphatic heterocycles. The zero-order valence-corrected chi connectivity index (χ0v) is 10.8. The molecule has 2 heteroatoms. The van der Waals surface area contributed by atoms with E-state index in [0.29, 0.717) is 5.54 Å². The average molecular weight is 210 g/mol. The summed E-state index contributed by atoms with van der Waals surface area (Å²) >= 11 is 0. The zero-order chi connectivity index (χ0) is 11.5. The molecule has 15 heavy (non-hydrogen) atoms. The second-order valence-corrected chi connectivity index (χ2v) is 5.32. The Morgan fingerprint density at radius 1 is 1.33 bits per heavy atom. The van der Waals surface area contributed by atoms with Gasteiger partial charge in [0.25, 0.3) is 0 Å². The minimum atomic E-state index is 0.252. The molecule has 0 unspecified atom stereocenters. The predicted molar refractivity (Wildman–Crippen MR) is 67.2 cm³/mol. The minimum absolute atomic E-state index is 0.252. The van der Waals surface area contributed by atoms with Gasteiger partial charge in [-0.15, -0.1) is 6.58 Å². The van der Waals surface area contributed by atoms with Gasteiger partial charge in [-0.25, -0.2) is 0 Å². The molecule has 1 rings (SSSR count). The van der Waals surface area contributed by atoms with Crippen molar-refractivity contribution in [3.63, 3.8) is 0 Å². The van der Waals surface area contributed by atoms with Crippen molar-refractivity contribution < 1.29 is 0 Å². The van der Waals surface area contributed by atoms with Crippen LogP contribution in [0.1, 0.15) is 40.5 Å². The Morgan fingerprint density at radius 2 is 1.93 bits per heavy atom. The molecule has 1 saturated heterocycles. The van der Waals surface area contributed by atoms with Crippen LogP contribution in [-0.4, -0.2) is 35.6 Å². The second kappa shape index (κ2) is 4.67. The third kappa shape index (κ3) is 2.61. The van der Waals surface area contributed by atoms with Crippen LogP contribution in [0.5, 0.6) is 0 Å². The molecule has 1 heterocycles. The molecule has 0 aromatic carbocycles. The van der Waals surface area contributed by atoms with Crippen molar-refractivity contribution in [3.8, 4) is 0 Å². The summed E-state index contributed by atoms with van der Waals surface area (Å²) in [6, 6.07) is 0. The van der Waals surface area contributed by atoms with E-state index in [-0.39, 0.29) is 5.54 Å². The standard InChI is InChI=1S/C13H26N2/c1-6-9-15-11-13(7-2,8-3)14-10-12(15,4)5/h6,14H,1,7-11H2,2-5H3. The maximum atomic E-state index is 3.86. The number of nitrogens with zero attached hydrogens (tertiary/aromatic N) is 1. The van der Waals surface area contributed by atoms with Gasteiger partial charge in [-0.2, -0.15) is 0 Å². The first kappa shape index (κ1) is 12.7. The van der Waals surface area contributed by atoms with Crippen molar-refractivity contribution in [2.75, 3.05) is 19.6 Å². The summed E-state index contributed by atoms with van der Waals surface area (Å²) in [7, 11) is 0. The number of rotatable bonds is 4. The van der Waals surface area contributed by atoms with E-state index in [9.17, 15) is 0 Å². The van der Waals surface area contributed by atoms with Gasteiger partial charge in [0.2, 0.25) is 0 Å². The van der Waals surface area contributed by atoms with E-state index in [0.717, 1.165) is 19.6 Å². The molecule has 0 bridgehead atoms. The third-order valence-corrected chi connectivity index (χ3v) is 3.95. The molecule has 0 saturated carbocycles. The van der Waals surface area contributed by atoms with Gasteiger partial charge >= 0.3 is 0 Å². The Kier molecular flexibility index (Phi) is 3.96. The molecule has 1 fully saturated rings. The number of nitrogens with one attached hydrogen (secondary N) is 1. The molecule has 0 aromatic heterocycles. The highest BCUT2D eigenvalue weighted by Crippen LogP contribution is 2.27. The molecule has 2 nitrogen and oxygen atoms in total. The van der Waals surface area contributed by atoms with Crippen molar-refractivity contribution in [2.45, 2.75) is 51.6 Å². The topological polar surface area (TPSA) is 15.3 Å². The lowest BCUT2D eigenvalue weighted by atomic mass is 9.85. The smallest absolute Gasteiger partial charge is 0.0304 e. The van der Waals surface area contributed by atoms with Gasteiger partial charge in [-0.05, 0) is 26.7 Å². The van der Waals surface area contributed by atoms with Crippen LogP contribution in [0, 0.1) is 0 Å². The lowest BCUT2D eigenvalue weighted by molar-refractivity contribution is 0.0323. The van der Waals surface area contributed by atoms with Crippen LogP contribution in [0.25, 0.3) is 0 Å². The molecule has 0 aromatic rings. The number of piperazine rings is 1. The second-order valence-electron chi connectivity index (χ2n) is 5.32. The summed E-state index contributed by atoms with van der Waals surface area (Å²) in [5.74, 6) is 0. The Balaban J connectivity index is 2.77. The average Bonchev–Trinajstić information content (AvgIpc) is 2.22. The van der Waals surface area contributed by atoms with Crippen LogP contribution in [0.4, 0.5) is 0 Å². The number of hydrogen-bond acceptors (Lipinski definition) is 2. The van der Waals surface area contributed by atoms with Crippen LogP contribution in [-0.2, 0) is 0 Å². The Bertz CT molecular complexity index is 217. The Labute approximate surface area is 94.7 Å². The Hall–Kier alpha value is -0.340. The van der Waals surface area contributed by atoms with E-state index in [1.54, 1.807) is 0 Å². The predicted octanol–water partition coefficient (Wildman–Crippen LogP) is 2.42. The van der Waals surface area contributed by atoms with Crippen LogP contribution >= 0.6 is 0 Å². The van der Waals surface area contributed by atoms with Crippen LogP contribution in [0.3, 0.4) is 0 Å². The quantitative estimate of drug-likeness (QED) is 0.717. The lowest BCUT2D eigenvalue weighted by Crippen LogP contribution is -2.67. The monoisotopic (exact) mass is 210 g/mol. The first-order valence-electron chi connectivity index (χ1n) is 6.10. The first-order chi connectivity index (χ1) is 6.99. The summed E-state index contributed by atoms with van der Waals surface area (Å²) in [5, 5.41) is 3.73. The fraction of sp³-hybridized carbons (Fsp3) is 0.846. The summed E-state index contributed by atoms with van der Waals surface area (Å²) in [4.78, 5) is 2.55. The maximum absolute atomic E-state index is 3.86. The lowest BCUT2D eigenvalue weighted by Gasteiger charge is -2.51. The molecule has 0 amide bonds. The maximum Gasteiger partial charge on any atom is 0.0304 e. The van der Waals surface area contributed by atoms with Crippen molar-refractivity contribution in [1.29, 1.82) is 0 Å². The van der Waals surface area contributed by atoms with E-state index in [1.165, 1.54) is 12.8 Å². The zero-order valence-electron chi connectivity index (χ0n) is 10.8. The summed E-state index contributed by atoms with van der Waals surface area (Å²) in [6.45, 7) is 16.2. The van der Waals surface area contributed by atoms with Crippen LogP contribution < -0.4 is 5.32 Å². The van der Waals surface area contributed by atoms with E-state index in [4.69, 9.17) is 0 Å². The number of hydrogen-bond donors (Lipinski definition) is 1. The summed E-state index contributed by atoms with van der Waals surface area (Å²) in [5.41, 5.74) is 0.570. The third-order valence-electron chi connectivity index (χ3n) is 3.95. The molecule has 0 aliphatic carbocycles. The van der Waals surface area contributed by atoms with Gasteiger partial charge in [0.05, 0.1) is 0 Å². The highest BCUT2D eigenvalue weighted by Gasteiger charge is 2.39. The van der Waals surface area contributed by atoms with Crippen LogP contribution in [0.2, 0.25) is 0 Å². The van der Waals surface area contributed by atoms with Gasteiger partial charge in [0.15, 0.2) is 0 Å². The summed E-state index contributed by atoms with van der Waals surface area (Å²) in [6.07, 6.45) is 4.42. The van der Waals surface area contributed by atoms with E-state index >= 15 is 0 Å². The molecule has 0 atom stereocenters. The fourth-order valence-electron chi connectivity index (χ4n) is 2.34. The fourth-order valence-corrected chi connectivity index (χ4v) is 2.34. The normalized spacial score (nSPS) is 25.1. The van der Waals surface area contributed by atoms with Crippen molar-refractivity contribution in [2.24, 2.45) is 0 Å². The van der Waals surface area contributed by atoms with E-state index in [1.807, 2.05) is 6.08 Å². The highest BCUT2D eigenvalue weighted by molar-refractivity contribution is 5.02. The first-order valence-corrected chi connectivity index (χ1v) is 6.10. The van der Waals surface area contributed by atoms with Gasteiger partial charge in [0, 0.05) is 30.7 Å². The molecule has 88 valence electrons. The molecule has 0 radical (unpaired) electrons. The van der Waals surface area contributed by atoms with E-state index in [2.05, 4.69) is 44.5 Å². The van der Waals surface area contributed by atoms with Crippen molar-refractivity contribution in [1.82, 2.24) is 10.2 Å². The van der Waals surface area contributed by atoms with E-state index < -0.39 is 0 Å². The molecule has 1 aliphatic rings. The summed E-state index contributed by atoms with van der Waals surface area (Å²) < 4.78 is 0. The van der Waals surface area contributed by atoms with Gasteiger partial charge < -0.3 is 5.32 Å². The van der Waals surface area contributed by atoms with Crippen molar-refractivity contribution >= 4 is 0 Å².